The van der Waals surface area contributed by atoms with Crippen LogP contribution in [0.4, 0.5) is 10.5 Å². The molecule has 2 atom stereocenters. The third kappa shape index (κ3) is 3.93. The van der Waals surface area contributed by atoms with Crippen molar-refractivity contribution in [1.82, 2.24) is 15.6 Å². The average Bonchev–Trinajstić information content (AvgIpc) is 3.06. The molecule has 0 spiro atoms. The summed E-state index contributed by atoms with van der Waals surface area (Å²) in [6.45, 7) is 1.66. The molecule has 140 valence electrons. The molecule has 0 saturated carbocycles. The predicted octanol–water partition coefficient (Wildman–Crippen LogP) is 1.80. The van der Waals surface area contributed by atoms with E-state index in [9.17, 15) is 9.59 Å². The predicted molar refractivity (Wildman–Crippen MR) is 100 cm³/mol. The number of aromatic nitrogens is 1. The molecule has 2 aliphatic heterocycles. The monoisotopic (exact) mass is 366 g/mol. The summed E-state index contributed by atoms with van der Waals surface area (Å²) < 4.78 is 5.34. The van der Waals surface area contributed by atoms with Gasteiger partial charge in [-0.1, -0.05) is 24.3 Å². The van der Waals surface area contributed by atoms with Crippen LogP contribution in [-0.2, 0) is 16.1 Å². The first-order chi connectivity index (χ1) is 13.2. The fraction of sp³-hybridized carbons (Fsp3) is 0.350. The minimum atomic E-state index is -0.127. The summed E-state index contributed by atoms with van der Waals surface area (Å²) in [5, 5.41) is 5.94. The summed E-state index contributed by atoms with van der Waals surface area (Å²) in [6, 6.07) is 11.6. The summed E-state index contributed by atoms with van der Waals surface area (Å²) in [4.78, 5) is 30.2. The number of para-hydroxylation sites is 1. The van der Waals surface area contributed by atoms with Crippen molar-refractivity contribution in [2.45, 2.75) is 24.9 Å². The Morgan fingerprint density at radius 3 is 3.00 bits per heavy atom. The van der Waals surface area contributed by atoms with Crippen molar-refractivity contribution in [3.63, 3.8) is 0 Å². The molecular weight excluding hydrogens is 344 g/mol. The first-order valence-electron chi connectivity index (χ1n) is 9.11. The molecule has 0 aliphatic carbocycles. The van der Waals surface area contributed by atoms with Gasteiger partial charge in [0, 0.05) is 37.1 Å². The van der Waals surface area contributed by atoms with Crippen molar-refractivity contribution in [2.75, 3.05) is 24.7 Å². The number of nitrogens with one attached hydrogen (secondary N) is 2. The summed E-state index contributed by atoms with van der Waals surface area (Å²) in [7, 11) is 0. The molecular formula is C20H22N4O3. The van der Waals surface area contributed by atoms with Gasteiger partial charge in [0.1, 0.15) is 6.61 Å². The standard InChI is InChI=1S/C20H22N4O3/c25-19-13-27-12-16(23-19)8-15-11-24(18-6-2-1-5-17(15)18)20(26)22-10-14-4-3-7-21-9-14/h1-7,9,15-16H,8,10-13H2,(H,22,26)(H,23,25). The van der Waals surface area contributed by atoms with Gasteiger partial charge in [0.05, 0.1) is 12.6 Å². The lowest BCUT2D eigenvalue weighted by molar-refractivity contribution is -0.131. The lowest BCUT2D eigenvalue weighted by Crippen LogP contribution is -2.46. The Balaban J connectivity index is 1.44. The number of urea groups is 1. The van der Waals surface area contributed by atoms with Gasteiger partial charge in [-0.05, 0) is 29.7 Å². The Hall–Kier alpha value is -2.93. The number of pyridine rings is 1. The van der Waals surface area contributed by atoms with Crippen LogP contribution in [0.5, 0.6) is 0 Å². The van der Waals surface area contributed by atoms with Gasteiger partial charge >= 0.3 is 6.03 Å². The fourth-order valence-electron chi connectivity index (χ4n) is 3.74. The van der Waals surface area contributed by atoms with Gasteiger partial charge in [-0.2, -0.15) is 0 Å². The van der Waals surface area contributed by atoms with E-state index in [2.05, 4.69) is 21.7 Å². The molecule has 7 heteroatoms. The van der Waals surface area contributed by atoms with E-state index in [1.807, 2.05) is 30.3 Å². The van der Waals surface area contributed by atoms with Crippen molar-refractivity contribution < 1.29 is 14.3 Å². The van der Waals surface area contributed by atoms with Crippen LogP contribution in [0.2, 0.25) is 0 Å². The van der Waals surface area contributed by atoms with Gasteiger partial charge in [0.2, 0.25) is 5.91 Å². The molecule has 3 amide bonds. The van der Waals surface area contributed by atoms with Crippen molar-refractivity contribution in [2.24, 2.45) is 0 Å². The minimum absolute atomic E-state index is 0.0253. The molecule has 2 N–H and O–H groups in total. The van der Waals surface area contributed by atoms with Gasteiger partial charge in [-0.3, -0.25) is 14.7 Å². The Labute approximate surface area is 157 Å². The Bertz CT molecular complexity index is 827. The van der Waals surface area contributed by atoms with Crippen LogP contribution in [0.25, 0.3) is 0 Å². The molecule has 1 fully saturated rings. The summed E-state index contributed by atoms with van der Waals surface area (Å²) in [5.74, 6) is 0.0842. The largest absolute Gasteiger partial charge is 0.370 e. The molecule has 2 unspecified atom stereocenters. The average molecular weight is 366 g/mol. The van der Waals surface area contributed by atoms with E-state index in [-0.39, 0.29) is 30.5 Å². The van der Waals surface area contributed by atoms with Gasteiger partial charge in [-0.15, -0.1) is 0 Å². The summed E-state index contributed by atoms with van der Waals surface area (Å²) in [5.41, 5.74) is 3.01. The minimum Gasteiger partial charge on any atom is -0.370 e. The molecule has 2 aliphatic rings. The van der Waals surface area contributed by atoms with E-state index in [0.717, 1.165) is 23.2 Å². The number of hydrogen-bond donors (Lipinski definition) is 2. The quantitative estimate of drug-likeness (QED) is 0.864. The third-order valence-corrected chi connectivity index (χ3v) is 4.97. The van der Waals surface area contributed by atoms with Crippen LogP contribution < -0.4 is 15.5 Å². The number of fused-ring (bicyclic) bond motifs is 1. The molecule has 1 aromatic carbocycles. The van der Waals surface area contributed by atoms with Crippen molar-refractivity contribution >= 4 is 17.6 Å². The van der Waals surface area contributed by atoms with E-state index in [4.69, 9.17) is 4.74 Å². The number of benzene rings is 1. The Kier molecular flexibility index (Phi) is 5.02. The summed E-state index contributed by atoms with van der Waals surface area (Å²) in [6.07, 6.45) is 4.20. The summed E-state index contributed by atoms with van der Waals surface area (Å²) >= 11 is 0. The zero-order valence-corrected chi connectivity index (χ0v) is 14.9. The second-order valence-corrected chi connectivity index (χ2v) is 6.90. The van der Waals surface area contributed by atoms with Gasteiger partial charge in [-0.25, -0.2) is 4.79 Å². The number of morpholine rings is 1. The number of carbonyl (C=O) groups excluding carboxylic acids is 2. The Morgan fingerprint density at radius 2 is 2.19 bits per heavy atom. The van der Waals surface area contributed by atoms with E-state index in [1.54, 1.807) is 17.3 Å². The van der Waals surface area contributed by atoms with Crippen molar-refractivity contribution in [1.29, 1.82) is 0 Å². The zero-order valence-electron chi connectivity index (χ0n) is 14.9. The van der Waals surface area contributed by atoms with E-state index >= 15 is 0 Å². The highest BCUT2D eigenvalue weighted by molar-refractivity contribution is 5.94. The van der Waals surface area contributed by atoms with Crippen LogP contribution in [0.3, 0.4) is 0 Å². The van der Waals surface area contributed by atoms with Gasteiger partial charge in [0.15, 0.2) is 0 Å². The molecule has 4 rings (SSSR count). The highest BCUT2D eigenvalue weighted by atomic mass is 16.5. The molecule has 0 bridgehead atoms. The molecule has 1 saturated heterocycles. The number of hydrogen-bond acceptors (Lipinski definition) is 4. The normalized spacial score (nSPS) is 21.5. The lowest BCUT2D eigenvalue weighted by atomic mass is 9.94. The van der Waals surface area contributed by atoms with Crippen LogP contribution in [0.15, 0.2) is 48.8 Å². The van der Waals surface area contributed by atoms with Crippen molar-refractivity contribution in [3.8, 4) is 0 Å². The SMILES string of the molecule is O=C1COCC(CC2CN(C(=O)NCc3cccnc3)c3ccccc32)N1. The zero-order chi connectivity index (χ0) is 18.6. The lowest BCUT2D eigenvalue weighted by Gasteiger charge is -2.26. The maximum atomic E-state index is 12.8. The topological polar surface area (TPSA) is 83.6 Å². The number of carbonyl (C=O) groups is 2. The molecule has 1 aromatic heterocycles. The Morgan fingerprint density at radius 1 is 1.30 bits per heavy atom. The number of ether oxygens (including phenoxy) is 1. The maximum absolute atomic E-state index is 12.8. The highest BCUT2D eigenvalue weighted by Crippen LogP contribution is 2.38. The fourth-order valence-corrected chi connectivity index (χ4v) is 3.74. The number of nitrogens with zero attached hydrogens (tertiary/aromatic N) is 2. The van der Waals surface area contributed by atoms with E-state index in [0.29, 0.717) is 19.7 Å². The van der Waals surface area contributed by atoms with E-state index in [1.165, 1.54) is 0 Å². The molecule has 27 heavy (non-hydrogen) atoms. The van der Waals surface area contributed by atoms with Crippen LogP contribution in [0, 0.1) is 0 Å². The smallest absolute Gasteiger partial charge is 0.322 e. The van der Waals surface area contributed by atoms with Gasteiger partial charge in [0.25, 0.3) is 0 Å². The van der Waals surface area contributed by atoms with E-state index < -0.39 is 0 Å². The van der Waals surface area contributed by atoms with Crippen LogP contribution in [0.1, 0.15) is 23.5 Å². The van der Waals surface area contributed by atoms with Crippen LogP contribution in [-0.4, -0.2) is 42.7 Å². The number of amides is 3. The van der Waals surface area contributed by atoms with Crippen LogP contribution >= 0.6 is 0 Å². The molecule has 0 radical (unpaired) electrons. The third-order valence-electron chi connectivity index (χ3n) is 4.97. The molecule has 3 heterocycles. The number of anilines is 1. The first kappa shape index (κ1) is 17.5. The highest BCUT2D eigenvalue weighted by Gasteiger charge is 2.34. The maximum Gasteiger partial charge on any atom is 0.322 e. The second-order valence-electron chi connectivity index (χ2n) is 6.90. The second kappa shape index (κ2) is 7.75. The molecule has 2 aromatic rings. The molecule has 7 nitrogen and oxygen atoms in total. The first-order valence-corrected chi connectivity index (χ1v) is 9.11. The number of rotatable bonds is 4. The van der Waals surface area contributed by atoms with Crippen molar-refractivity contribution in [3.05, 3.63) is 59.9 Å². The van der Waals surface area contributed by atoms with Gasteiger partial charge < -0.3 is 15.4 Å².